The van der Waals surface area contributed by atoms with Crippen LogP contribution in [0, 0.1) is 11.3 Å². The Bertz CT molecular complexity index is 868. The lowest BCUT2D eigenvalue weighted by Gasteiger charge is -2.25. The minimum Gasteiger partial charge on any atom is -0.391 e. The molecule has 0 spiro atoms. The molecule has 174 valence electrons. The maximum Gasteiger partial charge on any atom is 0.242 e. The molecule has 3 atom stereocenters. The van der Waals surface area contributed by atoms with Gasteiger partial charge in [-0.2, -0.15) is 0 Å². The minimum atomic E-state index is -3.74. The third kappa shape index (κ3) is 9.03. The van der Waals surface area contributed by atoms with E-state index in [9.17, 15) is 23.1 Å². The van der Waals surface area contributed by atoms with Gasteiger partial charge in [0.2, 0.25) is 21.8 Å². The van der Waals surface area contributed by atoms with Gasteiger partial charge in [0.1, 0.15) is 17.9 Å². The number of amides is 2. The molecule has 1 rings (SSSR count). The second-order valence-electron chi connectivity index (χ2n) is 7.76. The molecule has 2 amide bonds. The lowest BCUT2D eigenvalue weighted by molar-refractivity contribution is -0.131. The van der Waals surface area contributed by atoms with Crippen molar-refractivity contribution in [2.75, 3.05) is 5.75 Å². The summed E-state index contributed by atoms with van der Waals surface area (Å²) >= 11 is 0. The van der Waals surface area contributed by atoms with E-state index in [0.29, 0.717) is 12.0 Å². The van der Waals surface area contributed by atoms with Crippen molar-refractivity contribution < 1.29 is 23.1 Å². The third-order valence-electron chi connectivity index (χ3n) is 4.52. The van der Waals surface area contributed by atoms with Crippen molar-refractivity contribution in [2.24, 2.45) is 11.7 Å². The molecule has 0 aliphatic carbocycles. The molecular weight excluding hydrogens is 422 g/mol. The van der Waals surface area contributed by atoms with Crippen LogP contribution < -0.4 is 21.1 Å². The van der Waals surface area contributed by atoms with Gasteiger partial charge >= 0.3 is 0 Å². The van der Waals surface area contributed by atoms with E-state index >= 15 is 0 Å². The molecule has 0 fully saturated rings. The highest BCUT2D eigenvalue weighted by Gasteiger charge is 2.31. The number of amidine groups is 1. The second kappa shape index (κ2) is 11.8. The molecule has 0 saturated carbocycles. The van der Waals surface area contributed by atoms with E-state index in [1.807, 2.05) is 13.8 Å². The van der Waals surface area contributed by atoms with E-state index in [-0.39, 0.29) is 24.1 Å². The van der Waals surface area contributed by atoms with E-state index in [0.717, 1.165) is 5.56 Å². The average Bonchev–Trinajstić information content (AvgIpc) is 2.69. The number of carbonyl (C=O) groups is 2. The maximum absolute atomic E-state index is 12.7. The number of sulfonamides is 1. The summed E-state index contributed by atoms with van der Waals surface area (Å²) in [7, 11) is -3.74. The van der Waals surface area contributed by atoms with Gasteiger partial charge in [0.15, 0.2) is 0 Å². The molecule has 0 radical (unpaired) electrons. The Balaban J connectivity index is 2.87. The van der Waals surface area contributed by atoms with Crippen molar-refractivity contribution in [3.63, 3.8) is 0 Å². The van der Waals surface area contributed by atoms with Crippen molar-refractivity contribution >= 4 is 27.7 Å². The van der Waals surface area contributed by atoms with Crippen LogP contribution >= 0.6 is 0 Å². The first-order valence-corrected chi connectivity index (χ1v) is 11.7. The normalized spacial score (nSPS) is 14.5. The Hall–Kier alpha value is -2.50. The summed E-state index contributed by atoms with van der Waals surface area (Å²) in [5, 5.41) is 22.6. The molecule has 0 bridgehead atoms. The number of aliphatic hydroxyl groups excluding tert-OH is 1. The van der Waals surface area contributed by atoms with Gasteiger partial charge in [-0.05, 0) is 31.7 Å². The Morgan fingerprint density at radius 3 is 2.16 bits per heavy atom. The smallest absolute Gasteiger partial charge is 0.242 e. The molecule has 0 saturated heterocycles. The van der Waals surface area contributed by atoms with Crippen LogP contribution in [0.5, 0.6) is 0 Å². The molecule has 31 heavy (non-hydrogen) atoms. The van der Waals surface area contributed by atoms with Crippen LogP contribution in [0.3, 0.4) is 0 Å². The summed E-state index contributed by atoms with van der Waals surface area (Å²) in [4.78, 5) is 25.4. The number of carbonyl (C=O) groups excluding carboxylic acids is 2. The highest BCUT2D eigenvalue weighted by molar-refractivity contribution is 7.89. The van der Waals surface area contributed by atoms with Gasteiger partial charge in [-0.15, -0.1) is 0 Å². The fourth-order valence-electron chi connectivity index (χ4n) is 2.73. The van der Waals surface area contributed by atoms with Crippen LogP contribution in [0.15, 0.2) is 24.3 Å². The summed E-state index contributed by atoms with van der Waals surface area (Å²) < 4.78 is 25.8. The Morgan fingerprint density at radius 2 is 1.71 bits per heavy atom. The van der Waals surface area contributed by atoms with Crippen LogP contribution in [-0.2, 0) is 26.2 Å². The van der Waals surface area contributed by atoms with Crippen LogP contribution in [0.1, 0.15) is 45.2 Å². The second-order valence-corrected chi connectivity index (χ2v) is 9.80. The molecule has 10 nitrogen and oxygen atoms in total. The van der Waals surface area contributed by atoms with Crippen molar-refractivity contribution in [1.29, 1.82) is 5.41 Å². The fraction of sp³-hybridized carbons (Fsp3) is 0.550. The molecule has 1 aromatic rings. The zero-order chi connectivity index (χ0) is 23.8. The first-order chi connectivity index (χ1) is 14.4. The summed E-state index contributed by atoms with van der Waals surface area (Å²) in [5.74, 6) is -1.44. The highest BCUT2D eigenvalue weighted by atomic mass is 32.2. The highest BCUT2D eigenvalue weighted by Crippen LogP contribution is 2.08. The number of rotatable bonds is 12. The number of aliphatic hydroxyl groups is 1. The van der Waals surface area contributed by atoms with Gasteiger partial charge in [0.25, 0.3) is 0 Å². The summed E-state index contributed by atoms with van der Waals surface area (Å²) in [6, 6.07) is 4.49. The van der Waals surface area contributed by atoms with Crippen molar-refractivity contribution in [3.8, 4) is 0 Å². The van der Waals surface area contributed by atoms with E-state index in [1.54, 1.807) is 24.3 Å². The molecular formula is C20H33N5O5S. The zero-order valence-electron chi connectivity index (χ0n) is 18.3. The van der Waals surface area contributed by atoms with Gasteiger partial charge in [-0.3, -0.25) is 15.0 Å². The van der Waals surface area contributed by atoms with Crippen molar-refractivity contribution in [1.82, 2.24) is 15.4 Å². The van der Waals surface area contributed by atoms with Gasteiger partial charge < -0.3 is 21.5 Å². The molecule has 1 unspecified atom stereocenters. The topological polar surface area (TPSA) is 174 Å². The van der Waals surface area contributed by atoms with Crippen molar-refractivity contribution in [2.45, 2.75) is 58.8 Å². The monoisotopic (exact) mass is 455 g/mol. The van der Waals surface area contributed by atoms with E-state index < -0.39 is 40.0 Å². The number of hydrogen-bond acceptors (Lipinski definition) is 6. The maximum atomic E-state index is 12.7. The van der Waals surface area contributed by atoms with Gasteiger partial charge in [-0.1, -0.05) is 38.1 Å². The van der Waals surface area contributed by atoms with Gasteiger partial charge in [0.05, 0.1) is 11.9 Å². The van der Waals surface area contributed by atoms with Crippen LogP contribution in [-0.4, -0.2) is 55.1 Å². The van der Waals surface area contributed by atoms with E-state index in [4.69, 9.17) is 11.1 Å². The van der Waals surface area contributed by atoms with E-state index in [2.05, 4.69) is 15.4 Å². The lowest BCUT2D eigenvalue weighted by Crippen LogP contribution is -2.57. The summed E-state index contributed by atoms with van der Waals surface area (Å²) in [5.41, 5.74) is 6.78. The molecule has 7 N–H and O–H groups in total. The first kappa shape index (κ1) is 26.5. The van der Waals surface area contributed by atoms with Crippen LogP contribution in [0.25, 0.3) is 0 Å². The summed E-state index contributed by atoms with van der Waals surface area (Å²) in [6.07, 6.45) is -0.961. The predicted octanol–water partition coefficient (Wildman–Crippen LogP) is -0.194. The molecule has 0 aromatic heterocycles. The SMILES string of the molecule is CCS(=O)(=O)N[C@@H](C(=O)N[C@@H](CC(C)C)C(=O)NCc1ccc(C(=N)N)cc1)C(C)O. The summed E-state index contributed by atoms with van der Waals surface area (Å²) in [6.45, 7) is 6.68. The standard InChI is InChI=1S/C20H33N5O5S/c1-5-31(29,30)25-17(13(4)26)20(28)24-16(10-12(2)3)19(27)23-11-14-6-8-15(9-7-14)18(21)22/h6-9,12-13,16-17,25-26H,5,10-11H2,1-4H3,(H3,21,22)(H,23,27)(H,24,28)/t13?,16-,17+/m0/s1. The average molecular weight is 456 g/mol. The lowest BCUT2D eigenvalue weighted by atomic mass is 10.0. The Morgan fingerprint density at radius 1 is 1.13 bits per heavy atom. The van der Waals surface area contributed by atoms with Gasteiger partial charge in [-0.25, -0.2) is 13.1 Å². The molecule has 0 aliphatic heterocycles. The Labute approximate surface area is 183 Å². The fourth-order valence-corrected chi connectivity index (χ4v) is 3.58. The largest absolute Gasteiger partial charge is 0.391 e. The molecule has 0 aliphatic rings. The number of nitrogens with one attached hydrogen (secondary N) is 4. The van der Waals surface area contributed by atoms with E-state index in [1.165, 1.54) is 13.8 Å². The predicted molar refractivity (Wildman–Crippen MR) is 119 cm³/mol. The van der Waals surface area contributed by atoms with Crippen molar-refractivity contribution in [3.05, 3.63) is 35.4 Å². The zero-order valence-corrected chi connectivity index (χ0v) is 19.1. The molecule has 0 heterocycles. The number of nitrogen functional groups attached to an aromatic ring is 1. The molecule has 1 aromatic carbocycles. The third-order valence-corrected chi connectivity index (χ3v) is 5.90. The van der Waals surface area contributed by atoms with Crippen LogP contribution in [0.4, 0.5) is 0 Å². The minimum absolute atomic E-state index is 0.0540. The number of nitrogens with two attached hydrogens (primary N) is 1. The quantitative estimate of drug-likeness (QED) is 0.188. The Kier molecular flexibility index (Phi) is 10.1. The van der Waals surface area contributed by atoms with Gasteiger partial charge in [0, 0.05) is 12.1 Å². The van der Waals surface area contributed by atoms with Crippen LogP contribution in [0.2, 0.25) is 0 Å². The number of benzene rings is 1. The number of hydrogen-bond donors (Lipinski definition) is 6. The molecule has 11 heteroatoms. The first-order valence-electron chi connectivity index (χ1n) is 10.1.